The van der Waals surface area contributed by atoms with Crippen molar-refractivity contribution in [3.05, 3.63) is 35.4 Å². The van der Waals surface area contributed by atoms with E-state index < -0.39 is 11.0 Å². The van der Waals surface area contributed by atoms with Gasteiger partial charge in [-0.25, -0.2) is 4.79 Å². The van der Waals surface area contributed by atoms with Crippen LogP contribution in [0, 0.1) is 16.7 Å². The number of hydrogen-bond donors (Lipinski definition) is 0. The molecule has 0 aromatic heterocycles. The van der Waals surface area contributed by atoms with Gasteiger partial charge in [0.05, 0.1) is 12.5 Å². The van der Waals surface area contributed by atoms with E-state index >= 15 is 0 Å². The zero-order valence-electron chi connectivity index (χ0n) is 15.2. The molecule has 0 aliphatic carbocycles. The van der Waals surface area contributed by atoms with Crippen molar-refractivity contribution in [3.8, 4) is 6.07 Å². The van der Waals surface area contributed by atoms with Crippen LogP contribution in [0.3, 0.4) is 0 Å². The number of nitriles is 1. The lowest BCUT2D eigenvalue weighted by atomic mass is 9.75. The summed E-state index contributed by atoms with van der Waals surface area (Å²) in [7, 11) is 0. The number of rotatable bonds is 4. The molecule has 1 heterocycles. The Hall–Kier alpha value is -2.35. The Kier molecular flexibility index (Phi) is 5.84. The Balaban J connectivity index is 1.98. The fourth-order valence-corrected chi connectivity index (χ4v) is 3.07. The first-order valence-corrected chi connectivity index (χ1v) is 8.66. The number of carbonyl (C=O) groups excluding carboxylic acids is 2. The first-order valence-electron chi connectivity index (χ1n) is 8.66. The number of hydrogen-bond acceptors (Lipinski definition) is 4. The second-order valence-corrected chi connectivity index (χ2v) is 7.78. The van der Waals surface area contributed by atoms with E-state index in [1.54, 1.807) is 4.90 Å². The Morgan fingerprint density at radius 3 is 2.28 bits per heavy atom. The number of ether oxygens (including phenoxy) is 1. The van der Waals surface area contributed by atoms with E-state index in [1.807, 2.05) is 45.0 Å². The average Bonchev–Trinajstić information content (AvgIpc) is 2.56. The molecule has 5 nitrogen and oxygen atoms in total. The van der Waals surface area contributed by atoms with Gasteiger partial charge < -0.3 is 14.4 Å². The molecule has 1 saturated heterocycles. The summed E-state index contributed by atoms with van der Waals surface area (Å²) in [6.45, 7) is 6.60. The molecule has 1 fully saturated rings. The largest absolute Gasteiger partial charge is 0.444 e. The summed E-state index contributed by atoms with van der Waals surface area (Å²) in [5.41, 5.74) is 1.11. The fraction of sp³-hybridized carbons (Fsp3) is 0.550. The van der Waals surface area contributed by atoms with Crippen molar-refractivity contribution >= 4 is 12.4 Å². The Morgan fingerprint density at radius 1 is 1.24 bits per heavy atom. The number of likely N-dealkylation sites (tertiary alicyclic amines) is 1. The van der Waals surface area contributed by atoms with Gasteiger partial charge in [-0.2, -0.15) is 5.26 Å². The van der Waals surface area contributed by atoms with Crippen molar-refractivity contribution in [2.24, 2.45) is 5.41 Å². The van der Waals surface area contributed by atoms with Crippen LogP contribution >= 0.6 is 0 Å². The molecule has 5 heteroatoms. The number of benzene rings is 1. The molecule has 0 radical (unpaired) electrons. The number of amides is 1. The average molecular weight is 342 g/mol. The lowest BCUT2D eigenvalue weighted by Crippen LogP contribution is -2.46. The molecule has 0 atom stereocenters. The van der Waals surface area contributed by atoms with Crippen molar-refractivity contribution in [3.63, 3.8) is 0 Å². The number of carbonyl (C=O) groups is 2. The van der Waals surface area contributed by atoms with E-state index in [9.17, 15) is 9.59 Å². The molecule has 1 amide bonds. The van der Waals surface area contributed by atoms with Gasteiger partial charge in [-0.15, -0.1) is 0 Å². The molecule has 0 spiro atoms. The maximum atomic E-state index is 12.2. The van der Waals surface area contributed by atoms with Crippen LogP contribution in [0.4, 0.5) is 4.79 Å². The highest BCUT2D eigenvalue weighted by Crippen LogP contribution is 2.33. The Morgan fingerprint density at radius 2 is 1.80 bits per heavy atom. The summed E-state index contributed by atoms with van der Waals surface area (Å²) >= 11 is 0. The maximum Gasteiger partial charge on any atom is 0.410 e. The molecule has 1 aromatic carbocycles. The molecule has 0 unspecified atom stereocenters. The minimum Gasteiger partial charge on any atom is -0.444 e. The third kappa shape index (κ3) is 5.32. The van der Waals surface area contributed by atoms with Crippen LogP contribution < -0.4 is 0 Å². The van der Waals surface area contributed by atoms with Gasteiger partial charge in [-0.3, -0.25) is 0 Å². The highest BCUT2D eigenvalue weighted by molar-refractivity contribution is 5.69. The van der Waals surface area contributed by atoms with Crippen LogP contribution in [0.1, 0.15) is 44.7 Å². The van der Waals surface area contributed by atoms with Crippen LogP contribution in [-0.2, 0) is 22.4 Å². The van der Waals surface area contributed by atoms with E-state index in [-0.39, 0.29) is 6.09 Å². The zero-order valence-corrected chi connectivity index (χ0v) is 15.2. The third-order valence-electron chi connectivity index (χ3n) is 4.52. The molecule has 0 N–H and O–H groups in total. The summed E-state index contributed by atoms with van der Waals surface area (Å²) in [4.78, 5) is 25.6. The van der Waals surface area contributed by atoms with E-state index in [2.05, 4.69) is 6.07 Å². The first-order chi connectivity index (χ1) is 11.8. The highest BCUT2D eigenvalue weighted by atomic mass is 16.6. The SMILES string of the molecule is CC(C)(C)OC(=O)N1CCC(C=O)(Cc2ccc(CC#N)cc2)CC1. The summed E-state index contributed by atoms with van der Waals surface area (Å²) in [5.74, 6) is 0. The number of nitrogens with zero attached hydrogens (tertiary/aromatic N) is 2. The number of aldehydes is 1. The van der Waals surface area contributed by atoms with Gasteiger partial charge in [0.2, 0.25) is 0 Å². The van der Waals surface area contributed by atoms with Crippen molar-refractivity contribution < 1.29 is 14.3 Å². The molecule has 0 saturated carbocycles. The lowest BCUT2D eigenvalue weighted by molar-refractivity contribution is -0.118. The standard InChI is InChI=1S/C20H26N2O3/c1-19(2,3)25-18(24)22-12-9-20(15-23,10-13-22)14-17-6-4-16(5-7-17)8-11-21/h4-7,15H,8-10,12-14H2,1-3H3. The number of piperidine rings is 1. The molecule has 134 valence electrons. The van der Waals surface area contributed by atoms with Gasteiger partial charge in [0.1, 0.15) is 11.9 Å². The monoisotopic (exact) mass is 342 g/mol. The molecule has 2 rings (SSSR count). The van der Waals surface area contributed by atoms with E-state index in [4.69, 9.17) is 10.00 Å². The molecular weight excluding hydrogens is 316 g/mol. The minimum atomic E-state index is -0.512. The van der Waals surface area contributed by atoms with Gasteiger partial charge >= 0.3 is 6.09 Å². The van der Waals surface area contributed by atoms with Gasteiger partial charge in [-0.05, 0) is 51.2 Å². The van der Waals surface area contributed by atoms with Gasteiger partial charge in [0, 0.05) is 18.5 Å². The second-order valence-electron chi connectivity index (χ2n) is 7.78. The van der Waals surface area contributed by atoms with Crippen molar-refractivity contribution in [1.82, 2.24) is 4.90 Å². The van der Waals surface area contributed by atoms with E-state index in [1.165, 1.54) is 0 Å². The summed E-state index contributed by atoms with van der Waals surface area (Å²) in [5, 5.41) is 8.73. The maximum absolute atomic E-state index is 12.2. The highest BCUT2D eigenvalue weighted by Gasteiger charge is 2.37. The van der Waals surface area contributed by atoms with Crippen molar-refractivity contribution in [2.75, 3.05) is 13.1 Å². The Labute approximate surface area is 149 Å². The Bertz CT molecular complexity index is 645. The quantitative estimate of drug-likeness (QED) is 0.785. The fourth-order valence-electron chi connectivity index (χ4n) is 3.07. The summed E-state index contributed by atoms with van der Waals surface area (Å²) < 4.78 is 5.41. The molecule has 1 aliphatic rings. The van der Waals surface area contributed by atoms with Crippen molar-refractivity contribution in [1.29, 1.82) is 5.26 Å². The third-order valence-corrected chi connectivity index (χ3v) is 4.52. The molecule has 1 aromatic rings. The molecular formula is C20H26N2O3. The van der Waals surface area contributed by atoms with Crippen LogP contribution in [0.2, 0.25) is 0 Å². The van der Waals surface area contributed by atoms with Crippen LogP contribution in [0.15, 0.2) is 24.3 Å². The zero-order chi connectivity index (χ0) is 18.5. The van der Waals surface area contributed by atoms with Crippen molar-refractivity contribution in [2.45, 2.75) is 52.1 Å². The van der Waals surface area contributed by atoms with Crippen LogP contribution in [-0.4, -0.2) is 36.0 Å². The molecule has 25 heavy (non-hydrogen) atoms. The molecule has 0 bridgehead atoms. The van der Waals surface area contributed by atoms with E-state index in [0.717, 1.165) is 17.4 Å². The van der Waals surface area contributed by atoms with E-state index in [0.29, 0.717) is 38.8 Å². The topological polar surface area (TPSA) is 70.4 Å². The van der Waals surface area contributed by atoms with Gasteiger partial charge in [-0.1, -0.05) is 24.3 Å². The first kappa shape index (κ1) is 19.0. The summed E-state index contributed by atoms with van der Waals surface area (Å²) in [6.07, 6.45) is 3.05. The smallest absolute Gasteiger partial charge is 0.410 e. The predicted octanol–water partition coefficient (Wildman–Crippen LogP) is 3.51. The second kappa shape index (κ2) is 7.69. The van der Waals surface area contributed by atoms with Gasteiger partial charge in [0.15, 0.2) is 0 Å². The van der Waals surface area contributed by atoms with Gasteiger partial charge in [0.25, 0.3) is 0 Å². The predicted molar refractivity (Wildman–Crippen MR) is 95.0 cm³/mol. The lowest BCUT2D eigenvalue weighted by Gasteiger charge is -2.38. The van der Waals surface area contributed by atoms with Crippen LogP contribution in [0.25, 0.3) is 0 Å². The normalized spacial score (nSPS) is 16.8. The summed E-state index contributed by atoms with van der Waals surface area (Å²) in [6, 6.07) is 9.97. The van der Waals surface area contributed by atoms with Crippen LogP contribution in [0.5, 0.6) is 0 Å². The minimum absolute atomic E-state index is 0.312. The molecule has 1 aliphatic heterocycles.